The van der Waals surface area contributed by atoms with E-state index < -0.39 is 10.0 Å². The molecule has 102 valence electrons. The SMILES string of the molecule is CCC(COc1ccc(Cl)cc1C)CS(N)(=O)=O. The molecule has 0 bridgehead atoms. The molecule has 0 amide bonds. The molecule has 6 heteroatoms. The zero-order valence-electron chi connectivity index (χ0n) is 10.5. The fourth-order valence-corrected chi connectivity index (χ4v) is 2.81. The van der Waals surface area contributed by atoms with Gasteiger partial charge in [0.25, 0.3) is 0 Å². The van der Waals surface area contributed by atoms with Crippen molar-refractivity contribution in [3.8, 4) is 5.75 Å². The van der Waals surface area contributed by atoms with Crippen molar-refractivity contribution >= 4 is 21.6 Å². The van der Waals surface area contributed by atoms with Gasteiger partial charge in [-0.25, -0.2) is 13.6 Å². The first-order valence-corrected chi connectivity index (χ1v) is 7.80. The minimum atomic E-state index is -3.46. The molecule has 0 saturated carbocycles. The summed E-state index contributed by atoms with van der Waals surface area (Å²) in [4.78, 5) is 0. The monoisotopic (exact) mass is 291 g/mol. The zero-order valence-corrected chi connectivity index (χ0v) is 12.1. The highest BCUT2D eigenvalue weighted by Gasteiger charge is 2.15. The number of hydrogen-bond acceptors (Lipinski definition) is 3. The third-order valence-electron chi connectivity index (χ3n) is 2.66. The topological polar surface area (TPSA) is 69.4 Å². The molecule has 1 unspecified atom stereocenters. The molecule has 0 aliphatic rings. The summed E-state index contributed by atoms with van der Waals surface area (Å²) in [5.41, 5.74) is 0.924. The Morgan fingerprint density at radius 3 is 2.61 bits per heavy atom. The Balaban J connectivity index is 2.62. The quantitative estimate of drug-likeness (QED) is 0.874. The Hall–Kier alpha value is -0.780. The molecule has 18 heavy (non-hydrogen) atoms. The van der Waals surface area contributed by atoms with Crippen molar-refractivity contribution in [2.24, 2.45) is 11.1 Å². The molecule has 4 nitrogen and oxygen atoms in total. The van der Waals surface area contributed by atoms with Crippen LogP contribution in [0.3, 0.4) is 0 Å². The number of halogens is 1. The van der Waals surface area contributed by atoms with Gasteiger partial charge >= 0.3 is 0 Å². The predicted octanol–water partition coefficient (Wildman–Crippen LogP) is 2.34. The van der Waals surface area contributed by atoms with Gasteiger partial charge in [0.15, 0.2) is 0 Å². The van der Waals surface area contributed by atoms with Crippen molar-refractivity contribution in [1.82, 2.24) is 0 Å². The highest BCUT2D eigenvalue weighted by molar-refractivity contribution is 7.89. The van der Waals surface area contributed by atoms with E-state index in [1.165, 1.54) is 0 Å². The average molecular weight is 292 g/mol. The van der Waals surface area contributed by atoms with E-state index in [4.69, 9.17) is 21.5 Å². The number of nitrogens with two attached hydrogens (primary N) is 1. The molecule has 0 saturated heterocycles. The summed E-state index contributed by atoms with van der Waals surface area (Å²) >= 11 is 5.84. The number of hydrogen-bond donors (Lipinski definition) is 1. The molecule has 2 N–H and O–H groups in total. The van der Waals surface area contributed by atoms with Crippen LogP contribution in [0.15, 0.2) is 18.2 Å². The van der Waals surface area contributed by atoms with Crippen LogP contribution in [-0.2, 0) is 10.0 Å². The number of rotatable bonds is 6. The van der Waals surface area contributed by atoms with E-state index in [9.17, 15) is 8.42 Å². The first-order valence-electron chi connectivity index (χ1n) is 5.71. The number of aryl methyl sites for hydroxylation is 1. The number of benzene rings is 1. The van der Waals surface area contributed by atoms with Crippen LogP contribution in [0.1, 0.15) is 18.9 Å². The first kappa shape index (κ1) is 15.3. The van der Waals surface area contributed by atoms with Crippen LogP contribution < -0.4 is 9.88 Å². The Morgan fingerprint density at radius 2 is 2.11 bits per heavy atom. The van der Waals surface area contributed by atoms with Gasteiger partial charge in [-0.15, -0.1) is 0 Å². The highest BCUT2D eigenvalue weighted by Crippen LogP contribution is 2.22. The molecule has 1 aromatic rings. The largest absolute Gasteiger partial charge is 0.493 e. The van der Waals surface area contributed by atoms with Gasteiger partial charge in [-0.2, -0.15) is 0 Å². The van der Waals surface area contributed by atoms with Gasteiger partial charge in [0, 0.05) is 10.9 Å². The third-order valence-corrected chi connectivity index (χ3v) is 3.83. The molecule has 1 atom stereocenters. The van der Waals surface area contributed by atoms with Crippen LogP contribution in [0.2, 0.25) is 5.02 Å². The van der Waals surface area contributed by atoms with Gasteiger partial charge < -0.3 is 4.74 Å². The lowest BCUT2D eigenvalue weighted by Crippen LogP contribution is -2.26. The van der Waals surface area contributed by atoms with Crippen molar-refractivity contribution in [2.45, 2.75) is 20.3 Å². The predicted molar refractivity (Wildman–Crippen MR) is 73.4 cm³/mol. The van der Waals surface area contributed by atoms with Crippen LogP contribution in [0.5, 0.6) is 5.75 Å². The van der Waals surface area contributed by atoms with Crippen molar-refractivity contribution in [3.63, 3.8) is 0 Å². The van der Waals surface area contributed by atoms with Crippen LogP contribution in [0.4, 0.5) is 0 Å². The van der Waals surface area contributed by atoms with Crippen LogP contribution in [0, 0.1) is 12.8 Å². The normalized spacial score (nSPS) is 13.3. The molecule has 0 fully saturated rings. The van der Waals surface area contributed by atoms with E-state index in [1.807, 2.05) is 13.8 Å². The molecule has 0 aromatic heterocycles. The summed E-state index contributed by atoms with van der Waals surface area (Å²) in [6.07, 6.45) is 0.697. The smallest absolute Gasteiger partial charge is 0.209 e. The van der Waals surface area contributed by atoms with Crippen LogP contribution in [0.25, 0.3) is 0 Å². The maximum Gasteiger partial charge on any atom is 0.209 e. The number of primary sulfonamides is 1. The molecule has 0 heterocycles. The van der Waals surface area contributed by atoms with Crippen molar-refractivity contribution in [1.29, 1.82) is 0 Å². The fraction of sp³-hybridized carbons (Fsp3) is 0.500. The molecule has 0 aliphatic carbocycles. The minimum Gasteiger partial charge on any atom is -0.493 e. The highest BCUT2D eigenvalue weighted by atomic mass is 35.5. The minimum absolute atomic E-state index is 0.0594. The number of ether oxygens (including phenoxy) is 1. The first-order chi connectivity index (χ1) is 8.31. The van der Waals surface area contributed by atoms with Crippen LogP contribution >= 0.6 is 11.6 Å². The van der Waals surface area contributed by atoms with Crippen molar-refractivity contribution < 1.29 is 13.2 Å². The third kappa shape index (κ3) is 5.25. The lowest BCUT2D eigenvalue weighted by atomic mass is 10.1. The Labute approximate surface area is 113 Å². The second-order valence-corrected chi connectivity index (χ2v) is 6.42. The van der Waals surface area contributed by atoms with E-state index in [0.717, 1.165) is 5.56 Å². The van der Waals surface area contributed by atoms with Gasteiger partial charge in [-0.05, 0) is 37.1 Å². The van der Waals surface area contributed by atoms with Crippen molar-refractivity contribution in [2.75, 3.05) is 12.4 Å². The summed E-state index contributed by atoms with van der Waals surface area (Å²) in [6.45, 7) is 4.13. The second-order valence-electron chi connectivity index (χ2n) is 4.32. The Kier molecular flexibility index (Phi) is 5.44. The Morgan fingerprint density at radius 1 is 1.44 bits per heavy atom. The van der Waals surface area contributed by atoms with E-state index in [-0.39, 0.29) is 11.7 Å². The average Bonchev–Trinajstić information content (AvgIpc) is 2.24. The van der Waals surface area contributed by atoms with Gasteiger partial charge in [0.1, 0.15) is 5.75 Å². The zero-order chi connectivity index (χ0) is 13.8. The van der Waals surface area contributed by atoms with E-state index in [0.29, 0.717) is 23.8 Å². The van der Waals surface area contributed by atoms with E-state index >= 15 is 0 Å². The van der Waals surface area contributed by atoms with Crippen molar-refractivity contribution in [3.05, 3.63) is 28.8 Å². The van der Waals surface area contributed by atoms with Gasteiger partial charge in [-0.3, -0.25) is 0 Å². The lowest BCUT2D eigenvalue weighted by molar-refractivity contribution is 0.256. The molecular formula is C12H18ClNO3S. The number of sulfonamides is 1. The van der Waals surface area contributed by atoms with Gasteiger partial charge in [-0.1, -0.05) is 18.5 Å². The maximum absolute atomic E-state index is 11.0. The second kappa shape index (κ2) is 6.41. The summed E-state index contributed by atoms with van der Waals surface area (Å²) in [5, 5.41) is 5.68. The standard InChI is InChI=1S/C12H18ClNO3S/c1-3-10(8-18(14,15)16)7-17-12-5-4-11(13)6-9(12)2/h4-6,10H,3,7-8H2,1-2H3,(H2,14,15,16). The molecule has 0 spiro atoms. The fourth-order valence-electron chi connectivity index (χ4n) is 1.59. The molecule has 0 aliphatic heterocycles. The molecular weight excluding hydrogens is 274 g/mol. The maximum atomic E-state index is 11.0. The van der Waals surface area contributed by atoms with Gasteiger partial charge in [0.05, 0.1) is 12.4 Å². The van der Waals surface area contributed by atoms with Crippen LogP contribution in [-0.4, -0.2) is 20.8 Å². The summed E-state index contributed by atoms with van der Waals surface area (Å²) in [5.74, 6) is 0.554. The molecule has 1 rings (SSSR count). The summed E-state index contributed by atoms with van der Waals surface area (Å²) in [7, 11) is -3.46. The van der Waals surface area contributed by atoms with E-state index in [2.05, 4.69) is 0 Å². The van der Waals surface area contributed by atoms with E-state index in [1.54, 1.807) is 18.2 Å². The molecule has 1 aromatic carbocycles. The lowest BCUT2D eigenvalue weighted by Gasteiger charge is -2.16. The summed E-state index contributed by atoms with van der Waals surface area (Å²) in [6, 6.07) is 5.32. The van der Waals surface area contributed by atoms with Gasteiger partial charge in [0.2, 0.25) is 10.0 Å². The molecule has 0 radical (unpaired) electrons. The summed E-state index contributed by atoms with van der Waals surface area (Å²) < 4.78 is 27.7. The Bertz CT molecular complexity index is 502.